The molecule has 1 fully saturated rings. The van der Waals surface area contributed by atoms with Crippen molar-refractivity contribution in [2.45, 2.75) is 37.5 Å². The molecular weight excluding hydrogens is 499 g/mol. The van der Waals surface area contributed by atoms with Gasteiger partial charge in [0.25, 0.3) is 0 Å². The van der Waals surface area contributed by atoms with E-state index >= 15 is 4.39 Å². The summed E-state index contributed by atoms with van der Waals surface area (Å²) in [6, 6.07) is 1.23. The number of carboxylic acid groups (broad SMARTS) is 1. The first-order chi connectivity index (χ1) is 16.5. The second-order valence-corrected chi connectivity index (χ2v) is 9.66. The van der Waals surface area contributed by atoms with E-state index in [0.29, 0.717) is 6.07 Å². The quantitative estimate of drug-likeness (QED) is 0.415. The Bertz CT molecular complexity index is 1180. The van der Waals surface area contributed by atoms with Crippen molar-refractivity contribution in [3.63, 3.8) is 0 Å². The Morgan fingerprint density at radius 1 is 1.20 bits per heavy atom. The highest BCUT2D eigenvalue weighted by atomic mass is 32.2. The number of ether oxygens (including phenoxy) is 1. The number of hydrogen-bond donors (Lipinski definition) is 3. The summed E-state index contributed by atoms with van der Waals surface area (Å²) in [6.45, 7) is -0.288. The van der Waals surface area contributed by atoms with Gasteiger partial charge in [0.2, 0.25) is 16.0 Å². The maximum Gasteiger partial charge on any atom is 0.306 e. The van der Waals surface area contributed by atoms with Crippen molar-refractivity contribution < 1.29 is 45.0 Å². The molecule has 13 heteroatoms. The first-order valence-corrected chi connectivity index (χ1v) is 12.2. The maximum absolute atomic E-state index is 15.5. The van der Waals surface area contributed by atoms with Crippen LogP contribution >= 0.6 is 0 Å². The minimum absolute atomic E-state index is 0.0281. The molecule has 3 rings (SSSR count). The Balaban J connectivity index is 1.95. The molecule has 0 aromatic heterocycles. The third kappa shape index (κ3) is 6.67. The summed E-state index contributed by atoms with van der Waals surface area (Å²) in [4.78, 5) is 10.7. The molecular formula is C22H23F5N2O5S. The largest absolute Gasteiger partial charge is 0.489 e. The predicted molar refractivity (Wildman–Crippen MR) is 116 cm³/mol. The average molecular weight is 522 g/mol. The maximum atomic E-state index is 15.5. The standard InChI is InChI=1S/C22H23F5N2O5S/c23-11-35(32,33)29-21-16(25)4-6-28-18(21)8-12-2-1-3-14(20(12)27)15-9-13(24)10-17(26)22(15)34-7-5-19(30)31/h1-3,9-10,16,18,21,28-29H,4-8,11H2,(H,30,31)/t16-,18-,21-/m0/s1. The second kappa shape index (κ2) is 11.3. The number of alkyl halides is 2. The van der Waals surface area contributed by atoms with Crippen LogP contribution in [0.1, 0.15) is 18.4 Å². The summed E-state index contributed by atoms with van der Waals surface area (Å²) < 4.78 is 102. The fraction of sp³-hybridized carbons (Fsp3) is 0.409. The molecule has 0 amide bonds. The number of sulfonamides is 1. The zero-order chi connectivity index (χ0) is 25.8. The lowest BCUT2D eigenvalue weighted by molar-refractivity contribution is -0.137. The highest BCUT2D eigenvalue weighted by Crippen LogP contribution is 2.36. The molecule has 0 unspecified atom stereocenters. The van der Waals surface area contributed by atoms with Gasteiger partial charge in [0.1, 0.15) is 17.8 Å². The molecule has 3 atom stereocenters. The van der Waals surface area contributed by atoms with E-state index in [-0.39, 0.29) is 36.1 Å². The van der Waals surface area contributed by atoms with Crippen LogP contribution in [0.2, 0.25) is 0 Å². The average Bonchev–Trinajstić information content (AvgIpc) is 2.78. The number of rotatable bonds is 10. The zero-order valence-corrected chi connectivity index (χ0v) is 19.1. The van der Waals surface area contributed by atoms with Gasteiger partial charge in [-0.2, -0.15) is 0 Å². The van der Waals surface area contributed by atoms with Gasteiger partial charge in [-0.1, -0.05) is 18.2 Å². The van der Waals surface area contributed by atoms with E-state index in [1.54, 1.807) is 0 Å². The van der Waals surface area contributed by atoms with Gasteiger partial charge in [-0.25, -0.2) is 35.1 Å². The zero-order valence-electron chi connectivity index (χ0n) is 18.2. The second-order valence-electron chi connectivity index (χ2n) is 7.97. The molecule has 1 aliphatic heterocycles. The van der Waals surface area contributed by atoms with Crippen LogP contribution in [0.15, 0.2) is 30.3 Å². The number of nitrogens with one attached hydrogen (secondary N) is 2. The van der Waals surface area contributed by atoms with Crippen LogP contribution in [0.5, 0.6) is 5.75 Å². The third-order valence-corrected chi connectivity index (χ3v) is 6.41. The molecule has 7 nitrogen and oxygen atoms in total. The number of benzene rings is 2. The van der Waals surface area contributed by atoms with E-state index < -0.39 is 76.5 Å². The lowest BCUT2D eigenvalue weighted by atomic mass is 9.90. The highest BCUT2D eigenvalue weighted by molar-refractivity contribution is 7.89. The van der Waals surface area contributed by atoms with Gasteiger partial charge in [-0.15, -0.1) is 0 Å². The predicted octanol–water partition coefficient (Wildman–Crippen LogP) is 3.08. The fourth-order valence-electron chi connectivity index (χ4n) is 3.89. The lowest BCUT2D eigenvalue weighted by Crippen LogP contribution is -2.59. The van der Waals surface area contributed by atoms with Crippen LogP contribution in [-0.2, 0) is 21.2 Å². The summed E-state index contributed by atoms with van der Waals surface area (Å²) in [5.74, 6) is -4.87. The van der Waals surface area contributed by atoms with Gasteiger partial charge >= 0.3 is 5.97 Å². The molecule has 2 aromatic rings. The number of aliphatic carboxylic acids is 1. The first kappa shape index (κ1) is 26.8. The molecule has 0 spiro atoms. The normalized spacial score (nSPS) is 20.5. The van der Waals surface area contributed by atoms with Crippen molar-refractivity contribution in [2.75, 3.05) is 19.2 Å². The highest BCUT2D eigenvalue weighted by Gasteiger charge is 2.36. The summed E-state index contributed by atoms with van der Waals surface area (Å²) >= 11 is 0. The molecule has 0 saturated carbocycles. The Morgan fingerprint density at radius 2 is 1.94 bits per heavy atom. The fourth-order valence-corrected chi connectivity index (χ4v) is 4.68. The van der Waals surface area contributed by atoms with Crippen LogP contribution in [0.4, 0.5) is 22.0 Å². The van der Waals surface area contributed by atoms with Crippen LogP contribution in [0, 0.1) is 17.5 Å². The van der Waals surface area contributed by atoms with Gasteiger partial charge in [0.05, 0.1) is 19.1 Å². The van der Waals surface area contributed by atoms with Crippen molar-refractivity contribution in [3.05, 3.63) is 53.3 Å². The third-order valence-electron chi connectivity index (χ3n) is 5.49. The van der Waals surface area contributed by atoms with Crippen LogP contribution in [0.25, 0.3) is 11.1 Å². The van der Waals surface area contributed by atoms with Gasteiger partial charge in [0.15, 0.2) is 11.6 Å². The molecule has 0 radical (unpaired) electrons. The monoisotopic (exact) mass is 522 g/mol. The molecule has 2 aromatic carbocycles. The number of halogens is 5. The smallest absolute Gasteiger partial charge is 0.306 e. The van der Waals surface area contributed by atoms with Crippen LogP contribution < -0.4 is 14.8 Å². The van der Waals surface area contributed by atoms with E-state index in [0.717, 1.165) is 6.07 Å². The SMILES string of the molecule is O=C(O)CCOc1c(F)cc(F)cc1-c1cccc(C[C@@H]2NCC[C@H](F)[C@@H]2NS(=O)(=O)CF)c1F. The van der Waals surface area contributed by atoms with E-state index in [2.05, 4.69) is 5.32 Å². The molecule has 0 bridgehead atoms. The summed E-state index contributed by atoms with van der Waals surface area (Å²) in [7, 11) is -4.40. The summed E-state index contributed by atoms with van der Waals surface area (Å²) in [5, 5.41) is 11.7. The van der Waals surface area contributed by atoms with E-state index in [9.17, 15) is 30.8 Å². The molecule has 192 valence electrons. The topological polar surface area (TPSA) is 105 Å². The van der Waals surface area contributed by atoms with Gasteiger partial charge in [0, 0.05) is 23.2 Å². The molecule has 3 N–H and O–H groups in total. The number of carboxylic acids is 1. The van der Waals surface area contributed by atoms with Crippen molar-refractivity contribution in [3.8, 4) is 16.9 Å². The van der Waals surface area contributed by atoms with Gasteiger partial charge in [-0.05, 0) is 31.0 Å². The van der Waals surface area contributed by atoms with Crippen molar-refractivity contribution in [1.29, 1.82) is 0 Å². The molecule has 0 aliphatic carbocycles. The van der Waals surface area contributed by atoms with E-state index in [4.69, 9.17) is 9.84 Å². The Labute approximate surface area is 198 Å². The van der Waals surface area contributed by atoms with Gasteiger partial charge in [-0.3, -0.25) is 4.79 Å². The number of piperidine rings is 1. The molecule has 1 saturated heterocycles. The Kier molecular flexibility index (Phi) is 8.67. The minimum atomic E-state index is -4.40. The van der Waals surface area contributed by atoms with E-state index in [1.165, 1.54) is 18.2 Å². The van der Waals surface area contributed by atoms with Crippen LogP contribution in [0.3, 0.4) is 0 Å². The van der Waals surface area contributed by atoms with Crippen molar-refractivity contribution in [1.82, 2.24) is 10.0 Å². The molecule has 1 aliphatic rings. The Hall–Kier alpha value is -2.77. The van der Waals surface area contributed by atoms with Crippen molar-refractivity contribution >= 4 is 16.0 Å². The summed E-state index contributed by atoms with van der Waals surface area (Å²) in [5.41, 5.74) is -0.596. The molecule has 1 heterocycles. The molecule has 35 heavy (non-hydrogen) atoms. The summed E-state index contributed by atoms with van der Waals surface area (Å²) in [6.07, 6.45) is -2.41. The minimum Gasteiger partial charge on any atom is -0.489 e. The number of carbonyl (C=O) groups is 1. The van der Waals surface area contributed by atoms with E-state index in [1.807, 2.05) is 4.72 Å². The first-order valence-electron chi connectivity index (χ1n) is 10.6. The lowest BCUT2D eigenvalue weighted by Gasteiger charge is -2.35. The van der Waals surface area contributed by atoms with Crippen LogP contribution in [-0.4, -0.2) is 56.9 Å². The van der Waals surface area contributed by atoms with Gasteiger partial charge < -0.3 is 15.2 Å². The van der Waals surface area contributed by atoms with Crippen molar-refractivity contribution in [2.24, 2.45) is 0 Å². The Morgan fingerprint density at radius 3 is 2.63 bits per heavy atom. The number of hydrogen-bond acceptors (Lipinski definition) is 5.